The maximum absolute atomic E-state index is 12.0. The summed E-state index contributed by atoms with van der Waals surface area (Å²) in [5, 5.41) is 3.29. The van der Waals surface area contributed by atoms with Crippen LogP contribution in [0.5, 0.6) is 0 Å². The average molecular weight is 326 g/mol. The van der Waals surface area contributed by atoms with Crippen LogP contribution in [-0.2, 0) is 4.79 Å². The van der Waals surface area contributed by atoms with Crippen molar-refractivity contribution in [2.75, 3.05) is 45.2 Å². The highest BCUT2D eigenvalue weighted by atomic mass is 35.5. The predicted molar refractivity (Wildman–Crippen MR) is 88.5 cm³/mol. The van der Waals surface area contributed by atoms with Crippen LogP contribution in [0, 0.1) is 5.92 Å². The first-order valence-electron chi connectivity index (χ1n) is 7.64. The number of hydrogen-bond acceptors (Lipinski definition) is 5. The van der Waals surface area contributed by atoms with Gasteiger partial charge in [-0.05, 0) is 12.8 Å². The van der Waals surface area contributed by atoms with E-state index in [1.165, 1.54) is 0 Å². The predicted octanol–water partition coefficient (Wildman–Crippen LogP) is 0.890. The molecule has 3 rings (SSSR count). The topological polar surface area (TPSA) is 61.4 Å². The van der Waals surface area contributed by atoms with Crippen LogP contribution in [0.1, 0.15) is 24.5 Å². The van der Waals surface area contributed by atoms with E-state index in [4.69, 9.17) is 0 Å². The Labute approximate surface area is 137 Å². The van der Waals surface area contributed by atoms with Crippen LogP contribution in [0.25, 0.3) is 0 Å². The highest BCUT2D eigenvalue weighted by Gasteiger charge is 2.30. The van der Waals surface area contributed by atoms with Crippen molar-refractivity contribution in [3.63, 3.8) is 0 Å². The Morgan fingerprint density at radius 1 is 1.23 bits per heavy atom. The van der Waals surface area contributed by atoms with Crippen molar-refractivity contribution in [2.24, 2.45) is 5.92 Å². The average Bonchev–Trinajstić information content (AvgIpc) is 2.45. The number of nitrogens with zero attached hydrogens (tertiary/aromatic N) is 4. The first kappa shape index (κ1) is 17.0. The van der Waals surface area contributed by atoms with Crippen LogP contribution in [0.15, 0.2) is 12.4 Å². The van der Waals surface area contributed by atoms with Gasteiger partial charge >= 0.3 is 0 Å². The number of hydrogen-bond donors (Lipinski definition) is 1. The van der Waals surface area contributed by atoms with Crippen LogP contribution < -0.4 is 10.2 Å². The van der Waals surface area contributed by atoms with Crippen molar-refractivity contribution in [2.45, 2.75) is 18.8 Å². The van der Waals surface area contributed by atoms with Gasteiger partial charge < -0.3 is 15.1 Å². The number of carbonyl (C=O) groups is 1. The summed E-state index contributed by atoms with van der Waals surface area (Å²) in [6.07, 6.45) is 5.34. The Kier molecular flexibility index (Phi) is 5.58. The molecule has 0 aromatic carbocycles. The molecule has 0 atom stereocenters. The molecule has 0 bridgehead atoms. The molecule has 1 aromatic rings. The fourth-order valence-corrected chi connectivity index (χ4v) is 3.06. The number of piperidine rings is 1. The Bertz CT molecular complexity index is 512. The molecule has 6 nitrogen and oxygen atoms in total. The Morgan fingerprint density at radius 2 is 1.86 bits per heavy atom. The molecule has 122 valence electrons. The summed E-state index contributed by atoms with van der Waals surface area (Å²) >= 11 is 0. The molecule has 22 heavy (non-hydrogen) atoms. The number of carbonyl (C=O) groups excluding carboxylic acids is 1. The van der Waals surface area contributed by atoms with Gasteiger partial charge in [0.05, 0.1) is 5.69 Å². The number of anilines is 1. The first-order chi connectivity index (χ1) is 10.2. The van der Waals surface area contributed by atoms with Crippen molar-refractivity contribution in [3.05, 3.63) is 18.1 Å². The van der Waals surface area contributed by atoms with Crippen molar-refractivity contribution >= 4 is 24.1 Å². The fraction of sp³-hybridized carbons (Fsp3) is 0.667. The summed E-state index contributed by atoms with van der Waals surface area (Å²) in [6, 6.07) is 0. The molecule has 0 unspecified atom stereocenters. The highest BCUT2D eigenvalue weighted by molar-refractivity contribution is 5.85. The summed E-state index contributed by atoms with van der Waals surface area (Å²) in [7, 11) is 3.66. The number of rotatable bonds is 3. The normalized spacial score (nSPS) is 19.3. The van der Waals surface area contributed by atoms with Crippen LogP contribution in [0.2, 0.25) is 0 Å². The summed E-state index contributed by atoms with van der Waals surface area (Å²) in [4.78, 5) is 25.1. The second-order valence-corrected chi connectivity index (χ2v) is 6.11. The molecule has 2 aliphatic rings. The monoisotopic (exact) mass is 325 g/mol. The van der Waals surface area contributed by atoms with Gasteiger partial charge in [-0.1, -0.05) is 0 Å². The summed E-state index contributed by atoms with van der Waals surface area (Å²) in [5.41, 5.74) is 1.11. The van der Waals surface area contributed by atoms with E-state index in [1.807, 2.05) is 14.1 Å². The molecule has 0 radical (unpaired) electrons. The van der Waals surface area contributed by atoms with Crippen LogP contribution in [0.4, 0.5) is 5.82 Å². The second-order valence-electron chi connectivity index (χ2n) is 6.11. The van der Waals surface area contributed by atoms with Gasteiger partial charge in [-0.15, -0.1) is 12.4 Å². The van der Waals surface area contributed by atoms with Crippen molar-refractivity contribution in [3.8, 4) is 0 Å². The summed E-state index contributed by atoms with van der Waals surface area (Å²) in [5.74, 6) is 1.90. The van der Waals surface area contributed by atoms with Gasteiger partial charge in [0.15, 0.2) is 5.82 Å². The number of nitrogens with one attached hydrogen (secondary N) is 1. The molecule has 1 aromatic heterocycles. The van der Waals surface area contributed by atoms with E-state index < -0.39 is 0 Å². The minimum absolute atomic E-state index is 0. The van der Waals surface area contributed by atoms with Crippen molar-refractivity contribution in [1.29, 1.82) is 0 Å². The fourth-order valence-electron chi connectivity index (χ4n) is 3.06. The zero-order valence-electron chi connectivity index (χ0n) is 13.2. The smallest absolute Gasteiger partial charge is 0.225 e. The standard InChI is InChI=1S/C15H23N5O.ClH/c1-19(2)15(21)11-3-7-20(8-4-11)14-13(12-9-16-10-12)17-5-6-18-14;/h5-6,11-12,16H,3-4,7-10H2,1-2H3;1H. The second kappa shape index (κ2) is 7.24. The molecule has 1 amide bonds. The van der Waals surface area contributed by atoms with Crippen LogP contribution >= 0.6 is 12.4 Å². The number of halogens is 1. The molecule has 0 aliphatic carbocycles. The third-order valence-corrected chi connectivity index (χ3v) is 4.46. The zero-order valence-corrected chi connectivity index (χ0v) is 14.0. The maximum atomic E-state index is 12.0. The minimum Gasteiger partial charge on any atom is -0.355 e. The molecule has 0 spiro atoms. The van der Waals surface area contributed by atoms with Crippen molar-refractivity contribution < 1.29 is 4.79 Å². The van der Waals surface area contributed by atoms with Gasteiger partial charge in [-0.3, -0.25) is 9.78 Å². The number of aromatic nitrogens is 2. The molecule has 3 heterocycles. The van der Waals surface area contributed by atoms with E-state index in [2.05, 4.69) is 20.2 Å². The Morgan fingerprint density at radius 3 is 2.41 bits per heavy atom. The third kappa shape index (κ3) is 3.33. The maximum Gasteiger partial charge on any atom is 0.225 e. The highest BCUT2D eigenvalue weighted by Crippen LogP contribution is 2.29. The van der Waals surface area contributed by atoms with E-state index in [0.29, 0.717) is 5.92 Å². The van der Waals surface area contributed by atoms with E-state index in [1.54, 1.807) is 17.3 Å². The SMILES string of the molecule is CN(C)C(=O)C1CCN(c2nccnc2C2CNC2)CC1.Cl. The summed E-state index contributed by atoms with van der Waals surface area (Å²) < 4.78 is 0. The Balaban J connectivity index is 0.00000176. The van der Waals surface area contributed by atoms with Gasteiger partial charge in [-0.2, -0.15) is 0 Å². The van der Waals surface area contributed by atoms with Gasteiger partial charge in [0.1, 0.15) is 0 Å². The quantitative estimate of drug-likeness (QED) is 0.894. The molecule has 2 fully saturated rings. The molecule has 2 saturated heterocycles. The van der Waals surface area contributed by atoms with E-state index in [9.17, 15) is 4.79 Å². The molecule has 0 saturated carbocycles. The largest absolute Gasteiger partial charge is 0.355 e. The molecular formula is C15H24ClN5O. The van der Waals surface area contributed by atoms with Crippen molar-refractivity contribution in [1.82, 2.24) is 20.2 Å². The molecule has 7 heteroatoms. The number of amides is 1. The molecular weight excluding hydrogens is 302 g/mol. The molecule has 2 aliphatic heterocycles. The summed E-state index contributed by atoms with van der Waals surface area (Å²) in [6.45, 7) is 3.74. The lowest BCUT2D eigenvalue weighted by molar-refractivity contribution is -0.133. The van der Waals surface area contributed by atoms with Crippen LogP contribution in [0.3, 0.4) is 0 Å². The van der Waals surface area contributed by atoms with Gasteiger partial charge in [0.2, 0.25) is 5.91 Å². The lowest BCUT2D eigenvalue weighted by Gasteiger charge is -2.36. The minimum atomic E-state index is 0. The van der Waals surface area contributed by atoms with Gasteiger partial charge in [-0.25, -0.2) is 4.98 Å². The zero-order chi connectivity index (χ0) is 14.8. The van der Waals surface area contributed by atoms with E-state index >= 15 is 0 Å². The first-order valence-corrected chi connectivity index (χ1v) is 7.64. The lowest BCUT2D eigenvalue weighted by atomic mass is 9.94. The van der Waals surface area contributed by atoms with Gasteiger partial charge in [0, 0.05) is 64.5 Å². The molecule has 1 N–H and O–H groups in total. The third-order valence-electron chi connectivity index (χ3n) is 4.46. The van der Waals surface area contributed by atoms with E-state index in [-0.39, 0.29) is 24.2 Å². The Hall–Kier alpha value is -1.40. The van der Waals surface area contributed by atoms with Gasteiger partial charge in [0.25, 0.3) is 0 Å². The van der Waals surface area contributed by atoms with Crippen LogP contribution in [-0.4, -0.2) is 61.0 Å². The lowest BCUT2D eigenvalue weighted by Crippen LogP contribution is -2.44. The van der Waals surface area contributed by atoms with E-state index in [0.717, 1.165) is 50.5 Å².